The summed E-state index contributed by atoms with van der Waals surface area (Å²) in [5.41, 5.74) is 3.78. The summed E-state index contributed by atoms with van der Waals surface area (Å²) < 4.78 is 13.7. The quantitative estimate of drug-likeness (QED) is 0.409. The minimum Gasteiger partial charge on any atom is -0.493 e. The van der Waals surface area contributed by atoms with Crippen LogP contribution in [0.25, 0.3) is 11.3 Å². The highest BCUT2D eigenvalue weighted by Gasteiger charge is 2.27. The van der Waals surface area contributed by atoms with E-state index in [4.69, 9.17) is 14.6 Å². The van der Waals surface area contributed by atoms with Gasteiger partial charge in [-0.15, -0.1) is 0 Å². The van der Waals surface area contributed by atoms with Crippen molar-refractivity contribution in [3.8, 4) is 17.0 Å². The Morgan fingerprint density at radius 2 is 1.76 bits per heavy atom. The van der Waals surface area contributed by atoms with Crippen LogP contribution in [0.15, 0.2) is 54.6 Å². The van der Waals surface area contributed by atoms with Crippen molar-refractivity contribution in [3.05, 3.63) is 65.9 Å². The normalized spacial score (nSPS) is 11.9. The molecule has 3 aromatic rings. The first-order valence-corrected chi connectivity index (χ1v) is 11.6. The van der Waals surface area contributed by atoms with Crippen LogP contribution >= 0.6 is 0 Å². The van der Waals surface area contributed by atoms with E-state index in [1.165, 1.54) is 0 Å². The summed E-state index contributed by atoms with van der Waals surface area (Å²) >= 11 is 0. The van der Waals surface area contributed by atoms with E-state index in [1.54, 1.807) is 13.8 Å². The molecule has 0 amide bonds. The molecular formula is C27H37N3O4. The van der Waals surface area contributed by atoms with E-state index in [2.05, 4.69) is 36.9 Å². The summed E-state index contributed by atoms with van der Waals surface area (Å²) in [6, 6.07) is 18.3. The minimum atomic E-state index is -1.59. The van der Waals surface area contributed by atoms with Gasteiger partial charge < -0.3 is 24.6 Å². The maximum atomic E-state index is 9.57. The molecule has 0 aliphatic rings. The van der Waals surface area contributed by atoms with Gasteiger partial charge in [-0.05, 0) is 55.7 Å². The Labute approximate surface area is 202 Å². The predicted octanol–water partition coefficient (Wildman–Crippen LogP) is 4.31. The van der Waals surface area contributed by atoms with Gasteiger partial charge in [0.05, 0.1) is 31.1 Å². The largest absolute Gasteiger partial charge is 0.493 e. The van der Waals surface area contributed by atoms with Gasteiger partial charge in [0.1, 0.15) is 11.4 Å². The average Bonchev–Trinajstić information content (AvgIpc) is 3.19. The first-order valence-electron chi connectivity index (χ1n) is 11.6. The van der Waals surface area contributed by atoms with Crippen molar-refractivity contribution in [2.75, 3.05) is 25.6 Å². The summed E-state index contributed by atoms with van der Waals surface area (Å²) in [5, 5.41) is 23.9. The van der Waals surface area contributed by atoms with E-state index in [9.17, 15) is 10.2 Å². The van der Waals surface area contributed by atoms with Crippen LogP contribution in [0.4, 0.5) is 5.69 Å². The maximum Gasteiger partial charge on any atom is 0.180 e. The Bertz CT molecular complexity index is 1070. The van der Waals surface area contributed by atoms with Crippen molar-refractivity contribution in [2.45, 2.75) is 52.7 Å². The molecule has 2 N–H and O–H groups in total. The number of hydrogen-bond acceptors (Lipinski definition) is 6. The molecule has 0 aliphatic carbocycles. The molecule has 0 saturated heterocycles. The molecule has 0 bridgehead atoms. The lowest BCUT2D eigenvalue weighted by Crippen LogP contribution is -2.38. The molecule has 34 heavy (non-hydrogen) atoms. The highest BCUT2D eigenvalue weighted by atomic mass is 16.6. The number of ether oxygens (including phenoxy) is 2. The third kappa shape index (κ3) is 6.82. The van der Waals surface area contributed by atoms with Crippen LogP contribution in [0, 0.1) is 5.92 Å². The van der Waals surface area contributed by atoms with E-state index < -0.39 is 11.9 Å². The number of aliphatic hydroxyl groups excluding tert-OH is 1. The van der Waals surface area contributed by atoms with Gasteiger partial charge in [-0.2, -0.15) is 5.10 Å². The molecule has 1 aromatic heterocycles. The van der Waals surface area contributed by atoms with Gasteiger partial charge in [0.15, 0.2) is 6.29 Å². The molecule has 0 unspecified atom stereocenters. The molecule has 0 radical (unpaired) electrons. The molecule has 0 spiro atoms. The molecule has 0 fully saturated rings. The fourth-order valence-electron chi connectivity index (χ4n) is 3.34. The third-order valence-corrected chi connectivity index (χ3v) is 5.52. The van der Waals surface area contributed by atoms with E-state index in [0.717, 1.165) is 28.3 Å². The number of anilines is 1. The first kappa shape index (κ1) is 25.7. The van der Waals surface area contributed by atoms with Gasteiger partial charge in [-0.25, -0.2) is 0 Å². The van der Waals surface area contributed by atoms with Crippen molar-refractivity contribution in [1.29, 1.82) is 0 Å². The first-order chi connectivity index (χ1) is 16.0. The Morgan fingerprint density at radius 3 is 2.44 bits per heavy atom. The molecule has 3 rings (SSSR count). The van der Waals surface area contributed by atoms with Gasteiger partial charge in [0.25, 0.3) is 0 Å². The number of aromatic nitrogens is 2. The smallest absolute Gasteiger partial charge is 0.180 e. The van der Waals surface area contributed by atoms with Crippen molar-refractivity contribution >= 4 is 5.69 Å². The summed E-state index contributed by atoms with van der Waals surface area (Å²) in [4.78, 5) is 2.07. The van der Waals surface area contributed by atoms with Crippen LogP contribution in [0.3, 0.4) is 0 Å². The molecule has 0 saturated carbocycles. The fourth-order valence-corrected chi connectivity index (χ4v) is 3.34. The van der Waals surface area contributed by atoms with Crippen molar-refractivity contribution in [2.24, 2.45) is 5.92 Å². The number of rotatable bonds is 11. The molecule has 2 aromatic carbocycles. The number of nitrogens with zero attached hydrogens (tertiary/aromatic N) is 3. The lowest BCUT2D eigenvalue weighted by molar-refractivity contribution is -0.197. The lowest BCUT2D eigenvalue weighted by atomic mass is 10.1. The van der Waals surface area contributed by atoms with Crippen molar-refractivity contribution in [1.82, 2.24) is 9.78 Å². The van der Waals surface area contributed by atoms with E-state index in [1.807, 2.05) is 55.2 Å². The third-order valence-electron chi connectivity index (χ3n) is 5.52. The number of benzene rings is 2. The van der Waals surface area contributed by atoms with Gasteiger partial charge in [-0.1, -0.05) is 38.1 Å². The van der Waals surface area contributed by atoms with E-state index >= 15 is 0 Å². The zero-order chi connectivity index (χ0) is 24.9. The second kappa shape index (κ2) is 11.0. The summed E-state index contributed by atoms with van der Waals surface area (Å²) in [5.74, 6) is 1.25. The Balaban J connectivity index is 1.94. The number of aliphatic hydroxyl groups is 2. The van der Waals surface area contributed by atoms with E-state index in [0.29, 0.717) is 24.8 Å². The van der Waals surface area contributed by atoms with Gasteiger partial charge in [-0.3, -0.25) is 4.68 Å². The zero-order valence-corrected chi connectivity index (χ0v) is 21.0. The topological polar surface area (TPSA) is 80.0 Å². The lowest BCUT2D eigenvalue weighted by Gasteiger charge is -2.26. The van der Waals surface area contributed by atoms with Crippen LogP contribution in [0.5, 0.6) is 5.75 Å². The molecular weight excluding hydrogens is 430 g/mol. The highest BCUT2D eigenvalue weighted by molar-refractivity contribution is 5.62. The molecule has 0 atom stereocenters. The Kier molecular flexibility index (Phi) is 8.36. The minimum absolute atomic E-state index is 0.159. The summed E-state index contributed by atoms with van der Waals surface area (Å²) in [6.07, 6.45) is -1.59. The highest BCUT2D eigenvalue weighted by Crippen LogP contribution is 2.27. The van der Waals surface area contributed by atoms with Crippen LogP contribution in [0.1, 0.15) is 39.0 Å². The molecule has 184 valence electrons. The molecule has 7 nitrogen and oxygen atoms in total. The van der Waals surface area contributed by atoms with Crippen LogP contribution in [0.2, 0.25) is 0 Å². The molecule has 1 heterocycles. The summed E-state index contributed by atoms with van der Waals surface area (Å²) in [6.45, 7) is 8.91. The second-order valence-corrected chi connectivity index (χ2v) is 9.74. The average molecular weight is 468 g/mol. The van der Waals surface area contributed by atoms with Crippen LogP contribution in [-0.4, -0.2) is 52.6 Å². The van der Waals surface area contributed by atoms with Crippen molar-refractivity contribution in [3.63, 3.8) is 0 Å². The maximum absolute atomic E-state index is 9.57. The van der Waals surface area contributed by atoms with Crippen LogP contribution in [-0.2, 0) is 17.9 Å². The Morgan fingerprint density at radius 1 is 1.03 bits per heavy atom. The number of hydrogen-bond donors (Lipinski definition) is 2. The van der Waals surface area contributed by atoms with Gasteiger partial charge in [0.2, 0.25) is 0 Å². The Hall–Kier alpha value is -2.87. The molecule has 7 heteroatoms. The van der Waals surface area contributed by atoms with Crippen LogP contribution < -0.4 is 9.64 Å². The zero-order valence-electron chi connectivity index (χ0n) is 21.0. The van der Waals surface area contributed by atoms with Crippen molar-refractivity contribution < 1.29 is 19.7 Å². The predicted molar refractivity (Wildman–Crippen MR) is 135 cm³/mol. The summed E-state index contributed by atoms with van der Waals surface area (Å²) in [7, 11) is 4.04. The SMILES string of the molecule is CC(C)COc1cccc(-c2cc(COC(C)(C)C(O)O)nn2Cc2cccc(N(C)C)c2)c1. The fraction of sp³-hybridized carbons (Fsp3) is 0.444. The van der Waals surface area contributed by atoms with Gasteiger partial charge in [0, 0.05) is 25.3 Å². The monoisotopic (exact) mass is 467 g/mol. The van der Waals surface area contributed by atoms with Gasteiger partial charge >= 0.3 is 0 Å². The standard InChI is InChI=1S/C27H37N3O4/c1-19(2)17-33-24-12-8-10-21(14-24)25-15-22(18-34-27(3,4)26(31)32)28-30(25)16-20-9-7-11-23(13-20)29(5)6/h7-15,19,26,31-32H,16-18H2,1-6H3. The van der Waals surface area contributed by atoms with E-state index in [-0.39, 0.29) is 6.61 Å². The molecule has 0 aliphatic heterocycles. The second-order valence-electron chi connectivity index (χ2n) is 9.74.